The molecule has 2 rings (SSSR count). The van der Waals surface area contributed by atoms with Crippen LogP contribution in [0.3, 0.4) is 0 Å². The van der Waals surface area contributed by atoms with E-state index in [2.05, 4.69) is 15.5 Å². The van der Waals surface area contributed by atoms with Crippen LogP contribution in [0.15, 0.2) is 24.3 Å². The van der Waals surface area contributed by atoms with Gasteiger partial charge >= 0.3 is 0 Å². The summed E-state index contributed by atoms with van der Waals surface area (Å²) in [6.07, 6.45) is 0. The lowest BCUT2D eigenvalue weighted by Gasteiger charge is -2.10. The van der Waals surface area contributed by atoms with Crippen LogP contribution in [-0.2, 0) is 6.54 Å². The molecule has 0 saturated heterocycles. The summed E-state index contributed by atoms with van der Waals surface area (Å²) < 4.78 is 10.4. The molecule has 6 nitrogen and oxygen atoms in total. The van der Waals surface area contributed by atoms with E-state index in [4.69, 9.17) is 32.7 Å². The Morgan fingerprint density at radius 3 is 2.55 bits per heavy atom. The van der Waals surface area contributed by atoms with Gasteiger partial charge in [0, 0.05) is 6.54 Å². The molecule has 0 spiro atoms. The molecule has 8 heteroatoms. The Labute approximate surface area is 137 Å². The van der Waals surface area contributed by atoms with E-state index in [-0.39, 0.29) is 22.4 Å². The van der Waals surface area contributed by atoms with Crippen LogP contribution < -0.4 is 14.8 Å². The Balaban J connectivity index is 2.09. The SMILES string of the molecule is COc1ccc(CNC(=O)c2cc(Cl)nnc2Cl)cc1OC. The summed E-state index contributed by atoms with van der Waals surface area (Å²) in [5, 5.41) is 9.96. The molecule has 0 aliphatic carbocycles. The first-order valence-corrected chi connectivity index (χ1v) is 6.98. The Bertz CT molecular complexity index is 695. The largest absolute Gasteiger partial charge is 0.493 e. The molecule has 22 heavy (non-hydrogen) atoms. The third kappa shape index (κ3) is 3.78. The van der Waals surface area contributed by atoms with Crippen LogP contribution in [0, 0.1) is 0 Å². The minimum Gasteiger partial charge on any atom is -0.493 e. The van der Waals surface area contributed by atoms with Gasteiger partial charge in [0.1, 0.15) is 0 Å². The number of methoxy groups -OCH3 is 2. The molecule has 1 amide bonds. The van der Waals surface area contributed by atoms with Crippen molar-refractivity contribution in [3.63, 3.8) is 0 Å². The molecule has 116 valence electrons. The summed E-state index contributed by atoms with van der Waals surface area (Å²) in [6, 6.07) is 6.72. The van der Waals surface area contributed by atoms with Gasteiger partial charge in [-0.25, -0.2) is 0 Å². The van der Waals surface area contributed by atoms with Gasteiger partial charge in [-0.15, -0.1) is 10.2 Å². The minimum absolute atomic E-state index is 0.00536. The van der Waals surface area contributed by atoms with Crippen molar-refractivity contribution in [2.75, 3.05) is 14.2 Å². The molecular formula is C14H13Cl2N3O3. The molecule has 0 bridgehead atoms. The Morgan fingerprint density at radius 1 is 1.14 bits per heavy atom. The number of carbonyl (C=O) groups is 1. The quantitative estimate of drug-likeness (QED) is 0.904. The van der Waals surface area contributed by atoms with Gasteiger partial charge in [-0.1, -0.05) is 29.3 Å². The van der Waals surface area contributed by atoms with Crippen molar-refractivity contribution in [3.05, 3.63) is 45.7 Å². The third-order valence-electron chi connectivity index (χ3n) is 2.86. The molecule has 0 saturated carbocycles. The Hall–Kier alpha value is -2.05. The molecule has 1 aromatic carbocycles. The van der Waals surface area contributed by atoms with Crippen LogP contribution in [0.1, 0.15) is 15.9 Å². The first-order chi connectivity index (χ1) is 10.5. The molecule has 0 atom stereocenters. The maximum absolute atomic E-state index is 12.1. The van der Waals surface area contributed by atoms with Gasteiger partial charge in [0.25, 0.3) is 5.91 Å². The highest BCUT2D eigenvalue weighted by Gasteiger charge is 2.13. The van der Waals surface area contributed by atoms with Crippen molar-refractivity contribution in [3.8, 4) is 11.5 Å². The zero-order chi connectivity index (χ0) is 16.1. The second kappa shape index (κ2) is 7.29. The van der Waals surface area contributed by atoms with Crippen molar-refractivity contribution in [1.29, 1.82) is 0 Å². The van der Waals surface area contributed by atoms with E-state index in [1.807, 2.05) is 6.07 Å². The fourth-order valence-electron chi connectivity index (χ4n) is 1.78. The van der Waals surface area contributed by atoms with Crippen LogP contribution in [0.5, 0.6) is 11.5 Å². The zero-order valence-corrected chi connectivity index (χ0v) is 13.4. The molecule has 0 aliphatic heterocycles. The minimum atomic E-state index is -0.392. The number of nitrogens with zero attached hydrogens (tertiary/aromatic N) is 2. The van der Waals surface area contributed by atoms with Gasteiger partial charge in [0.05, 0.1) is 19.8 Å². The fourth-order valence-corrected chi connectivity index (χ4v) is 2.11. The van der Waals surface area contributed by atoms with E-state index in [0.717, 1.165) is 5.56 Å². The Kier molecular flexibility index (Phi) is 5.41. The first kappa shape index (κ1) is 16.3. The lowest BCUT2D eigenvalue weighted by Crippen LogP contribution is -2.23. The highest BCUT2D eigenvalue weighted by atomic mass is 35.5. The normalized spacial score (nSPS) is 10.2. The molecule has 1 aromatic heterocycles. The lowest BCUT2D eigenvalue weighted by molar-refractivity contribution is 0.0950. The number of ether oxygens (including phenoxy) is 2. The zero-order valence-electron chi connectivity index (χ0n) is 11.9. The first-order valence-electron chi connectivity index (χ1n) is 6.23. The van der Waals surface area contributed by atoms with Crippen LogP contribution in [0.4, 0.5) is 0 Å². The lowest BCUT2D eigenvalue weighted by atomic mass is 10.2. The van der Waals surface area contributed by atoms with Crippen LogP contribution in [0.25, 0.3) is 0 Å². The van der Waals surface area contributed by atoms with Crippen molar-refractivity contribution < 1.29 is 14.3 Å². The van der Waals surface area contributed by atoms with Gasteiger partial charge in [-0.2, -0.15) is 0 Å². The van der Waals surface area contributed by atoms with Gasteiger partial charge in [0.2, 0.25) is 0 Å². The smallest absolute Gasteiger partial charge is 0.254 e. The molecule has 0 aliphatic rings. The molecule has 0 unspecified atom stereocenters. The number of carbonyl (C=O) groups excluding carboxylic acids is 1. The average molecular weight is 342 g/mol. The molecule has 0 radical (unpaired) electrons. The summed E-state index contributed by atoms with van der Waals surface area (Å²) in [5.74, 6) is 0.809. The topological polar surface area (TPSA) is 73.3 Å². The number of halogens is 2. The van der Waals surface area contributed by atoms with Crippen molar-refractivity contribution in [2.24, 2.45) is 0 Å². The van der Waals surface area contributed by atoms with E-state index in [1.165, 1.54) is 6.07 Å². The highest BCUT2D eigenvalue weighted by molar-refractivity contribution is 6.34. The number of rotatable bonds is 5. The number of benzene rings is 1. The van der Waals surface area contributed by atoms with Gasteiger partial charge in [-0.3, -0.25) is 4.79 Å². The summed E-state index contributed by atoms with van der Waals surface area (Å²) in [6.45, 7) is 0.287. The van der Waals surface area contributed by atoms with Crippen LogP contribution >= 0.6 is 23.2 Å². The van der Waals surface area contributed by atoms with Crippen LogP contribution in [-0.4, -0.2) is 30.3 Å². The average Bonchev–Trinajstić information content (AvgIpc) is 2.54. The molecule has 0 fully saturated rings. The maximum Gasteiger partial charge on any atom is 0.254 e. The monoisotopic (exact) mass is 341 g/mol. The van der Waals surface area contributed by atoms with Crippen LogP contribution in [0.2, 0.25) is 10.3 Å². The number of hydrogen-bond acceptors (Lipinski definition) is 5. The Morgan fingerprint density at radius 2 is 1.86 bits per heavy atom. The number of nitrogens with one attached hydrogen (secondary N) is 1. The predicted molar refractivity (Wildman–Crippen MR) is 82.8 cm³/mol. The van der Waals surface area contributed by atoms with E-state index in [1.54, 1.807) is 26.4 Å². The van der Waals surface area contributed by atoms with E-state index >= 15 is 0 Å². The third-order valence-corrected chi connectivity index (χ3v) is 3.33. The second-order valence-corrected chi connectivity index (χ2v) is 4.99. The molecule has 1 N–H and O–H groups in total. The van der Waals surface area contributed by atoms with Crippen molar-refractivity contribution >= 4 is 29.1 Å². The predicted octanol–water partition coefficient (Wildman–Crippen LogP) is 2.73. The summed E-state index contributed by atoms with van der Waals surface area (Å²) in [7, 11) is 3.10. The summed E-state index contributed by atoms with van der Waals surface area (Å²) in [5.41, 5.74) is 1.01. The summed E-state index contributed by atoms with van der Waals surface area (Å²) >= 11 is 11.5. The van der Waals surface area contributed by atoms with E-state index in [0.29, 0.717) is 11.5 Å². The number of aromatic nitrogens is 2. The molecular weight excluding hydrogens is 329 g/mol. The number of hydrogen-bond donors (Lipinski definition) is 1. The number of amides is 1. The van der Waals surface area contributed by atoms with Crippen molar-refractivity contribution in [2.45, 2.75) is 6.54 Å². The van der Waals surface area contributed by atoms with Gasteiger partial charge in [-0.05, 0) is 23.8 Å². The van der Waals surface area contributed by atoms with E-state index in [9.17, 15) is 4.79 Å². The molecule has 1 heterocycles. The maximum atomic E-state index is 12.1. The van der Waals surface area contributed by atoms with Gasteiger partial charge in [0.15, 0.2) is 21.8 Å². The molecule has 2 aromatic rings. The highest BCUT2D eigenvalue weighted by Crippen LogP contribution is 2.27. The van der Waals surface area contributed by atoms with E-state index < -0.39 is 5.91 Å². The summed E-state index contributed by atoms with van der Waals surface area (Å²) in [4.78, 5) is 12.1. The standard InChI is InChI=1S/C14H13Cl2N3O3/c1-21-10-4-3-8(5-11(10)22-2)7-17-14(20)9-6-12(15)18-19-13(9)16/h3-6H,7H2,1-2H3,(H,17,20). The fraction of sp³-hybridized carbons (Fsp3) is 0.214. The second-order valence-electron chi connectivity index (χ2n) is 4.24. The van der Waals surface area contributed by atoms with Crippen molar-refractivity contribution in [1.82, 2.24) is 15.5 Å². The van der Waals surface area contributed by atoms with Gasteiger partial charge < -0.3 is 14.8 Å².